The van der Waals surface area contributed by atoms with Crippen LogP contribution in [0.3, 0.4) is 0 Å². The van der Waals surface area contributed by atoms with Gasteiger partial charge in [0, 0.05) is 13.1 Å². The Kier molecular flexibility index (Phi) is 4.83. The Morgan fingerprint density at radius 3 is 2.93 bits per heavy atom. The number of hydrogen-bond acceptors (Lipinski definition) is 3. The largest absolute Gasteiger partial charge is 0.377 e. The van der Waals surface area contributed by atoms with Crippen LogP contribution in [-0.4, -0.2) is 49.7 Å². The third-order valence-corrected chi connectivity index (χ3v) is 3.06. The predicted octanol–water partition coefficient (Wildman–Crippen LogP) is 0.265. The lowest BCUT2D eigenvalue weighted by Gasteiger charge is -2.34. The third-order valence-electron chi connectivity index (χ3n) is 3.06. The van der Waals surface area contributed by atoms with Gasteiger partial charge >= 0.3 is 0 Å². The van der Waals surface area contributed by atoms with E-state index in [-0.39, 0.29) is 24.4 Å². The second-order valence-electron chi connectivity index (χ2n) is 4.15. The predicted molar refractivity (Wildman–Crippen MR) is 60.2 cm³/mol. The van der Waals surface area contributed by atoms with Crippen molar-refractivity contribution in [2.75, 3.05) is 32.8 Å². The summed E-state index contributed by atoms with van der Waals surface area (Å²) < 4.78 is 5.32. The van der Waals surface area contributed by atoms with Crippen LogP contribution in [0.25, 0.3) is 0 Å². The van der Waals surface area contributed by atoms with E-state index in [4.69, 9.17) is 4.74 Å². The molecule has 2 aliphatic heterocycles. The van der Waals surface area contributed by atoms with E-state index in [1.807, 2.05) is 4.90 Å². The molecule has 2 saturated heterocycles. The molecule has 15 heavy (non-hydrogen) atoms. The number of halogens is 1. The van der Waals surface area contributed by atoms with Crippen molar-refractivity contribution < 1.29 is 9.53 Å². The number of ether oxygens (including phenoxy) is 1. The highest BCUT2D eigenvalue weighted by Gasteiger charge is 2.31. The normalized spacial score (nSPS) is 31.1. The maximum absolute atomic E-state index is 12.0. The van der Waals surface area contributed by atoms with Crippen molar-refractivity contribution in [1.29, 1.82) is 0 Å². The minimum atomic E-state index is 0. The number of carbonyl (C=O) groups excluding carboxylic acids is 1. The SMILES string of the molecule is CC1COCCN1C(=O)[C@@H]1CCNC1.Cl. The molecule has 0 aliphatic carbocycles. The Morgan fingerprint density at radius 1 is 1.53 bits per heavy atom. The van der Waals surface area contributed by atoms with E-state index in [2.05, 4.69) is 12.2 Å². The molecule has 0 aromatic carbocycles. The van der Waals surface area contributed by atoms with Crippen molar-refractivity contribution in [3.63, 3.8) is 0 Å². The molecule has 5 heteroatoms. The van der Waals surface area contributed by atoms with E-state index in [0.29, 0.717) is 19.1 Å². The molecule has 0 aromatic rings. The van der Waals surface area contributed by atoms with Crippen molar-refractivity contribution >= 4 is 18.3 Å². The highest BCUT2D eigenvalue weighted by atomic mass is 35.5. The number of nitrogens with one attached hydrogen (secondary N) is 1. The van der Waals surface area contributed by atoms with Crippen molar-refractivity contribution in [2.24, 2.45) is 5.92 Å². The van der Waals surface area contributed by atoms with E-state index in [1.165, 1.54) is 0 Å². The van der Waals surface area contributed by atoms with Gasteiger partial charge in [0.25, 0.3) is 0 Å². The van der Waals surface area contributed by atoms with Crippen LogP contribution in [0.15, 0.2) is 0 Å². The molecule has 0 spiro atoms. The summed E-state index contributed by atoms with van der Waals surface area (Å²) in [5.41, 5.74) is 0. The molecule has 2 atom stereocenters. The van der Waals surface area contributed by atoms with Crippen LogP contribution < -0.4 is 5.32 Å². The smallest absolute Gasteiger partial charge is 0.227 e. The Morgan fingerprint density at radius 2 is 2.33 bits per heavy atom. The number of morpholine rings is 1. The molecule has 4 nitrogen and oxygen atoms in total. The standard InChI is InChI=1S/C10H18N2O2.ClH/c1-8-7-14-5-4-12(8)10(13)9-2-3-11-6-9;/h8-9,11H,2-7H2,1H3;1H/t8?,9-;/m1./s1. The van der Waals surface area contributed by atoms with E-state index >= 15 is 0 Å². The van der Waals surface area contributed by atoms with Crippen LogP contribution in [-0.2, 0) is 9.53 Å². The molecular formula is C10H19ClN2O2. The van der Waals surface area contributed by atoms with Crippen molar-refractivity contribution in [3.8, 4) is 0 Å². The molecule has 2 aliphatic rings. The van der Waals surface area contributed by atoms with Crippen molar-refractivity contribution in [3.05, 3.63) is 0 Å². The highest BCUT2D eigenvalue weighted by molar-refractivity contribution is 5.85. The Hall–Kier alpha value is -0.320. The zero-order valence-electron chi connectivity index (χ0n) is 9.07. The van der Waals surface area contributed by atoms with E-state index < -0.39 is 0 Å². The maximum Gasteiger partial charge on any atom is 0.227 e. The van der Waals surface area contributed by atoms with E-state index in [9.17, 15) is 4.79 Å². The lowest BCUT2D eigenvalue weighted by Crippen LogP contribution is -2.49. The first-order valence-electron chi connectivity index (χ1n) is 5.38. The summed E-state index contributed by atoms with van der Waals surface area (Å²) in [6, 6.07) is 0.247. The van der Waals surface area contributed by atoms with Crippen LogP contribution in [0.2, 0.25) is 0 Å². The second-order valence-corrected chi connectivity index (χ2v) is 4.15. The van der Waals surface area contributed by atoms with Gasteiger partial charge in [-0.25, -0.2) is 0 Å². The molecule has 1 amide bonds. The number of carbonyl (C=O) groups is 1. The van der Waals surface area contributed by atoms with Crippen LogP contribution in [0.4, 0.5) is 0 Å². The Labute approximate surface area is 96.7 Å². The zero-order valence-corrected chi connectivity index (χ0v) is 9.89. The first kappa shape index (κ1) is 12.7. The van der Waals surface area contributed by atoms with Gasteiger partial charge in [0.05, 0.1) is 25.2 Å². The van der Waals surface area contributed by atoms with Gasteiger partial charge < -0.3 is 15.0 Å². The minimum Gasteiger partial charge on any atom is -0.377 e. The van der Waals surface area contributed by atoms with Gasteiger partial charge in [-0.1, -0.05) is 0 Å². The summed E-state index contributed by atoms with van der Waals surface area (Å²) in [7, 11) is 0. The minimum absolute atomic E-state index is 0. The fourth-order valence-electron chi connectivity index (χ4n) is 2.15. The van der Waals surface area contributed by atoms with Gasteiger partial charge in [0.15, 0.2) is 0 Å². The van der Waals surface area contributed by atoms with Crippen LogP contribution in [0.5, 0.6) is 0 Å². The summed E-state index contributed by atoms with van der Waals surface area (Å²) in [6.07, 6.45) is 0.989. The lowest BCUT2D eigenvalue weighted by atomic mass is 10.1. The monoisotopic (exact) mass is 234 g/mol. The highest BCUT2D eigenvalue weighted by Crippen LogP contribution is 2.15. The molecule has 2 rings (SSSR count). The summed E-state index contributed by atoms with van der Waals surface area (Å²) in [5, 5.41) is 3.23. The quantitative estimate of drug-likeness (QED) is 0.708. The first-order valence-corrected chi connectivity index (χ1v) is 5.38. The fourth-order valence-corrected chi connectivity index (χ4v) is 2.15. The van der Waals surface area contributed by atoms with Crippen LogP contribution in [0, 0.1) is 5.92 Å². The van der Waals surface area contributed by atoms with Gasteiger partial charge in [0.1, 0.15) is 0 Å². The topological polar surface area (TPSA) is 41.6 Å². The third kappa shape index (κ3) is 2.83. The molecule has 2 fully saturated rings. The molecule has 0 aromatic heterocycles. The molecule has 1 unspecified atom stereocenters. The average molecular weight is 235 g/mol. The summed E-state index contributed by atoms with van der Waals surface area (Å²) >= 11 is 0. The fraction of sp³-hybridized carbons (Fsp3) is 0.900. The second kappa shape index (κ2) is 5.68. The summed E-state index contributed by atoms with van der Waals surface area (Å²) in [6.45, 7) is 6.02. The molecule has 2 heterocycles. The number of hydrogen-bond donors (Lipinski definition) is 1. The number of amides is 1. The van der Waals surface area contributed by atoms with Gasteiger partial charge in [-0.3, -0.25) is 4.79 Å². The Balaban J connectivity index is 0.00000112. The van der Waals surface area contributed by atoms with E-state index in [0.717, 1.165) is 26.1 Å². The van der Waals surface area contributed by atoms with E-state index in [1.54, 1.807) is 0 Å². The number of rotatable bonds is 1. The maximum atomic E-state index is 12.0. The van der Waals surface area contributed by atoms with Gasteiger partial charge in [-0.15, -0.1) is 12.4 Å². The average Bonchev–Trinajstić information content (AvgIpc) is 2.70. The van der Waals surface area contributed by atoms with Crippen LogP contribution in [0.1, 0.15) is 13.3 Å². The summed E-state index contributed by atoms with van der Waals surface area (Å²) in [5.74, 6) is 0.515. The van der Waals surface area contributed by atoms with Crippen molar-refractivity contribution in [2.45, 2.75) is 19.4 Å². The van der Waals surface area contributed by atoms with Gasteiger partial charge in [-0.2, -0.15) is 0 Å². The molecule has 0 saturated carbocycles. The summed E-state index contributed by atoms with van der Waals surface area (Å²) in [4.78, 5) is 14.0. The van der Waals surface area contributed by atoms with Crippen LogP contribution >= 0.6 is 12.4 Å². The molecule has 0 bridgehead atoms. The lowest BCUT2D eigenvalue weighted by molar-refractivity contribution is -0.142. The Bertz CT molecular complexity index is 219. The van der Waals surface area contributed by atoms with Crippen molar-refractivity contribution in [1.82, 2.24) is 10.2 Å². The molecular weight excluding hydrogens is 216 g/mol. The van der Waals surface area contributed by atoms with Gasteiger partial charge in [-0.05, 0) is 19.9 Å². The first-order chi connectivity index (χ1) is 6.79. The molecule has 0 radical (unpaired) electrons. The molecule has 88 valence electrons. The molecule has 1 N–H and O–H groups in total. The zero-order chi connectivity index (χ0) is 9.97. The number of nitrogens with zero attached hydrogens (tertiary/aromatic N) is 1. The van der Waals surface area contributed by atoms with Gasteiger partial charge in [0.2, 0.25) is 5.91 Å².